The molecular formula is C14H17ClN2O3S. The van der Waals surface area contributed by atoms with Crippen molar-refractivity contribution in [1.29, 1.82) is 0 Å². The van der Waals surface area contributed by atoms with Gasteiger partial charge in [0.05, 0.1) is 11.6 Å². The number of carbonyl (C=O) groups is 1. The third kappa shape index (κ3) is 5.05. The first-order valence-electron chi connectivity index (χ1n) is 6.12. The third-order valence-electron chi connectivity index (χ3n) is 2.27. The maximum absolute atomic E-state index is 12.3. The zero-order valence-corrected chi connectivity index (χ0v) is 13.6. The highest BCUT2D eigenvalue weighted by Crippen LogP contribution is 2.24. The van der Waals surface area contributed by atoms with Gasteiger partial charge in [0, 0.05) is 11.1 Å². The van der Waals surface area contributed by atoms with Crippen molar-refractivity contribution in [3.8, 4) is 12.3 Å². The Hall–Kier alpha value is -1.55. The number of carbonyl (C=O) groups excluding carboxylic acids is 1. The molecule has 0 saturated heterocycles. The molecule has 0 aliphatic carbocycles. The average Bonchev–Trinajstić information content (AvgIpc) is 2.33. The van der Waals surface area contributed by atoms with Gasteiger partial charge in [-0.3, -0.25) is 4.79 Å². The molecule has 0 aromatic heterocycles. The predicted molar refractivity (Wildman–Crippen MR) is 82.7 cm³/mol. The summed E-state index contributed by atoms with van der Waals surface area (Å²) >= 11 is 5.94. The first-order valence-corrected chi connectivity index (χ1v) is 7.98. The Morgan fingerprint density at radius 2 is 2.00 bits per heavy atom. The van der Waals surface area contributed by atoms with Gasteiger partial charge in [0.2, 0.25) is 10.0 Å². The fourth-order valence-electron chi connectivity index (χ4n) is 1.54. The van der Waals surface area contributed by atoms with Crippen molar-refractivity contribution < 1.29 is 13.2 Å². The van der Waals surface area contributed by atoms with Gasteiger partial charge in [0.25, 0.3) is 5.91 Å². The molecule has 1 aromatic carbocycles. The summed E-state index contributed by atoms with van der Waals surface area (Å²) in [7, 11) is -3.83. The normalized spacial score (nSPS) is 11.8. The van der Waals surface area contributed by atoms with Gasteiger partial charge in [0.15, 0.2) is 0 Å². The Balaban J connectivity index is 3.20. The highest BCUT2D eigenvalue weighted by molar-refractivity contribution is 7.89. The summed E-state index contributed by atoms with van der Waals surface area (Å²) in [5.74, 6) is 1.81. The summed E-state index contributed by atoms with van der Waals surface area (Å²) in [4.78, 5) is 11.7. The number of terminal acetylenes is 1. The Morgan fingerprint density at radius 1 is 1.38 bits per heavy atom. The van der Waals surface area contributed by atoms with Gasteiger partial charge in [-0.1, -0.05) is 17.5 Å². The number of amides is 1. The number of halogens is 1. The van der Waals surface area contributed by atoms with Crippen molar-refractivity contribution in [3.05, 3.63) is 28.8 Å². The molecule has 2 N–H and O–H groups in total. The molecule has 0 radical (unpaired) electrons. The van der Waals surface area contributed by atoms with E-state index in [1.165, 1.54) is 18.2 Å². The number of nitrogens with one attached hydrogen (secondary N) is 2. The van der Waals surface area contributed by atoms with Crippen molar-refractivity contribution in [3.63, 3.8) is 0 Å². The lowest BCUT2D eigenvalue weighted by molar-refractivity contribution is 0.0958. The second-order valence-electron chi connectivity index (χ2n) is 5.39. The minimum absolute atomic E-state index is 0.0419. The lowest BCUT2D eigenvalue weighted by atomic mass is 10.1. The summed E-state index contributed by atoms with van der Waals surface area (Å²) in [6, 6.07) is 4.02. The van der Waals surface area contributed by atoms with E-state index in [0.29, 0.717) is 0 Å². The number of benzene rings is 1. The smallest absolute Gasteiger partial charge is 0.252 e. The van der Waals surface area contributed by atoms with Gasteiger partial charge >= 0.3 is 0 Å². The summed E-state index contributed by atoms with van der Waals surface area (Å²) in [5.41, 5.74) is -0.492. The van der Waals surface area contributed by atoms with Crippen LogP contribution in [0.3, 0.4) is 0 Å². The predicted octanol–water partition coefficient (Wildman–Crippen LogP) is 1.78. The lowest BCUT2D eigenvalue weighted by Gasteiger charge is -2.21. The van der Waals surface area contributed by atoms with Gasteiger partial charge in [0.1, 0.15) is 4.90 Å². The van der Waals surface area contributed by atoms with Crippen LogP contribution in [0.5, 0.6) is 0 Å². The molecular weight excluding hydrogens is 312 g/mol. The average molecular weight is 329 g/mol. The fraction of sp³-hybridized carbons (Fsp3) is 0.357. The molecule has 5 nitrogen and oxygen atoms in total. The third-order valence-corrected chi connectivity index (χ3v) is 4.51. The maximum Gasteiger partial charge on any atom is 0.252 e. The van der Waals surface area contributed by atoms with Crippen LogP contribution in [0, 0.1) is 12.3 Å². The molecule has 1 aromatic rings. The van der Waals surface area contributed by atoms with E-state index in [1.54, 1.807) is 20.8 Å². The molecule has 7 heteroatoms. The van der Waals surface area contributed by atoms with Crippen molar-refractivity contribution in [2.45, 2.75) is 31.2 Å². The lowest BCUT2D eigenvalue weighted by Crippen LogP contribution is -2.40. The Kier molecular flexibility index (Phi) is 5.40. The van der Waals surface area contributed by atoms with Crippen LogP contribution in [0.25, 0.3) is 0 Å². The minimum Gasteiger partial charge on any atom is -0.341 e. The van der Waals surface area contributed by atoms with E-state index < -0.39 is 21.5 Å². The highest BCUT2D eigenvalue weighted by atomic mass is 35.5. The molecule has 1 rings (SSSR count). The highest BCUT2D eigenvalue weighted by Gasteiger charge is 2.25. The summed E-state index contributed by atoms with van der Waals surface area (Å²) in [6.07, 6.45) is 5.06. The summed E-state index contributed by atoms with van der Waals surface area (Å²) in [6.45, 7) is 5.19. The van der Waals surface area contributed by atoms with Crippen LogP contribution < -0.4 is 10.0 Å². The molecule has 0 fully saturated rings. The van der Waals surface area contributed by atoms with Crippen molar-refractivity contribution in [2.75, 3.05) is 6.54 Å². The standard InChI is InChI=1S/C14H17ClN2O3S/c1-5-8-16-13(18)10-6-7-11(15)12(9-10)21(19,20)17-14(2,3)4/h1,6-7,9,17H,8H2,2-4H3,(H,16,18). The van der Waals surface area contributed by atoms with Crippen LogP contribution in [0.15, 0.2) is 23.1 Å². The minimum atomic E-state index is -3.83. The van der Waals surface area contributed by atoms with Crippen molar-refractivity contribution in [1.82, 2.24) is 10.0 Å². The molecule has 1 amide bonds. The first kappa shape index (κ1) is 17.5. The van der Waals surface area contributed by atoms with E-state index >= 15 is 0 Å². The van der Waals surface area contributed by atoms with E-state index in [1.807, 2.05) is 0 Å². The molecule has 0 bridgehead atoms. The number of sulfonamides is 1. The molecule has 21 heavy (non-hydrogen) atoms. The molecule has 0 saturated carbocycles. The van der Waals surface area contributed by atoms with Crippen LogP contribution in [0.2, 0.25) is 5.02 Å². The van der Waals surface area contributed by atoms with E-state index in [-0.39, 0.29) is 22.0 Å². The zero-order chi connectivity index (χ0) is 16.3. The van der Waals surface area contributed by atoms with Crippen molar-refractivity contribution in [2.24, 2.45) is 0 Å². The number of rotatable bonds is 4. The van der Waals surface area contributed by atoms with E-state index in [4.69, 9.17) is 18.0 Å². The van der Waals surface area contributed by atoms with Crippen LogP contribution >= 0.6 is 11.6 Å². The van der Waals surface area contributed by atoms with Gasteiger partial charge < -0.3 is 5.32 Å². The first-order chi connectivity index (χ1) is 9.57. The summed E-state index contributed by atoms with van der Waals surface area (Å²) in [5, 5.41) is 2.50. The molecule has 0 heterocycles. The van der Waals surface area contributed by atoms with Crippen LogP contribution in [0.1, 0.15) is 31.1 Å². The van der Waals surface area contributed by atoms with Crippen LogP contribution in [0.4, 0.5) is 0 Å². The zero-order valence-electron chi connectivity index (χ0n) is 12.0. The molecule has 0 aliphatic heterocycles. The Morgan fingerprint density at radius 3 is 2.52 bits per heavy atom. The van der Waals surface area contributed by atoms with Gasteiger partial charge in [-0.15, -0.1) is 6.42 Å². The molecule has 0 atom stereocenters. The number of hydrogen-bond acceptors (Lipinski definition) is 3. The molecule has 114 valence electrons. The maximum atomic E-state index is 12.3. The largest absolute Gasteiger partial charge is 0.341 e. The van der Waals surface area contributed by atoms with Gasteiger partial charge in [-0.25, -0.2) is 13.1 Å². The fourth-order valence-corrected chi connectivity index (χ4v) is 3.49. The molecule has 0 aliphatic rings. The monoisotopic (exact) mass is 328 g/mol. The Bertz CT molecular complexity index is 685. The van der Waals surface area contributed by atoms with Crippen molar-refractivity contribution >= 4 is 27.5 Å². The van der Waals surface area contributed by atoms with Gasteiger partial charge in [-0.05, 0) is 39.0 Å². The molecule has 0 spiro atoms. The molecule has 0 unspecified atom stereocenters. The van der Waals surface area contributed by atoms with Crippen LogP contribution in [-0.2, 0) is 10.0 Å². The number of hydrogen-bond donors (Lipinski definition) is 2. The Labute approximate surface area is 130 Å². The second kappa shape index (κ2) is 6.48. The van der Waals surface area contributed by atoms with E-state index in [0.717, 1.165) is 0 Å². The van der Waals surface area contributed by atoms with Gasteiger partial charge in [-0.2, -0.15) is 0 Å². The topological polar surface area (TPSA) is 75.3 Å². The van der Waals surface area contributed by atoms with E-state index in [9.17, 15) is 13.2 Å². The van der Waals surface area contributed by atoms with Crippen LogP contribution in [-0.4, -0.2) is 26.4 Å². The quantitative estimate of drug-likeness (QED) is 0.827. The summed E-state index contributed by atoms with van der Waals surface area (Å²) < 4.78 is 27.1. The SMILES string of the molecule is C#CCNC(=O)c1ccc(Cl)c(S(=O)(=O)NC(C)(C)C)c1. The van der Waals surface area contributed by atoms with E-state index in [2.05, 4.69) is 16.0 Å². The second-order valence-corrected chi connectivity index (χ2v) is 7.45.